The average molecular weight is 392 g/mol. The molecule has 0 spiro atoms. The molecular formula is C21H45NO3S. The summed E-state index contributed by atoms with van der Waals surface area (Å²) in [5.74, 6) is 0. The maximum Gasteiger partial charge on any atom is 0.333 e. The molecule has 0 atom stereocenters. The predicted molar refractivity (Wildman–Crippen MR) is 113 cm³/mol. The summed E-state index contributed by atoms with van der Waals surface area (Å²) in [5.41, 5.74) is 0.500. The fourth-order valence-corrected chi connectivity index (χ4v) is 3.68. The van der Waals surface area contributed by atoms with Crippen LogP contribution in [0.15, 0.2) is 0 Å². The minimum Gasteiger partial charge on any atom is -0.273 e. The molecule has 4 nitrogen and oxygen atoms in total. The fourth-order valence-electron chi connectivity index (χ4n) is 3.28. The highest BCUT2D eigenvalue weighted by Crippen LogP contribution is 2.22. The monoisotopic (exact) mass is 391 g/mol. The van der Waals surface area contributed by atoms with Crippen LogP contribution in [0, 0.1) is 5.41 Å². The van der Waals surface area contributed by atoms with E-state index < -0.39 is 10.3 Å². The van der Waals surface area contributed by atoms with E-state index in [4.69, 9.17) is 4.55 Å². The zero-order valence-electron chi connectivity index (χ0n) is 17.7. The van der Waals surface area contributed by atoms with E-state index in [9.17, 15) is 8.42 Å². The lowest BCUT2D eigenvalue weighted by Gasteiger charge is -2.17. The van der Waals surface area contributed by atoms with E-state index in [1.807, 2.05) is 0 Å². The first-order valence-electron chi connectivity index (χ1n) is 10.9. The van der Waals surface area contributed by atoms with Gasteiger partial charge in [-0.3, -0.25) is 4.55 Å². The number of rotatable bonds is 18. The molecular weight excluding hydrogens is 346 g/mol. The summed E-state index contributed by atoms with van der Waals surface area (Å²) in [6, 6.07) is 0. The summed E-state index contributed by atoms with van der Waals surface area (Å²) in [7, 11) is -4.00. The second-order valence-corrected chi connectivity index (χ2v) is 10.2. The Morgan fingerprint density at radius 2 is 0.923 bits per heavy atom. The highest BCUT2D eigenvalue weighted by molar-refractivity contribution is 7.83. The van der Waals surface area contributed by atoms with Gasteiger partial charge in [-0.1, -0.05) is 111 Å². The van der Waals surface area contributed by atoms with E-state index in [1.54, 1.807) is 0 Å². The van der Waals surface area contributed by atoms with Crippen molar-refractivity contribution in [1.29, 1.82) is 0 Å². The summed E-state index contributed by atoms with van der Waals surface area (Å²) >= 11 is 0. The highest BCUT2D eigenvalue weighted by Gasteiger charge is 2.08. The van der Waals surface area contributed by atoms with Crippen LogP contribution < -0.4 is 4.72 Å². The molecule has 0 fully saturated rings. The Morgan fingerprint density at radius 1 is 0.615 bits per heavy atom. The average Bonchev–Trinajstić information content (AvgIpc) is 2.51. The van der Waals surface area contributed by atoms with Crippen molar-refractivity contribution in [2.45, 2.75) is 124 Å². The zero-order valence-corrected chi connectivity index (χ0v) is 18.5. The molecule has 26 heavy (non-hydrogen) atoms. The molecule has 0 amide bonds. The van der Waals surface area contributed by atoms with Gasteiger partial charge in [-0.15, -0.1) is 0 Å². The quantitative estimate of drug-likeness (QED) is 0.203. The lowest BCUT2D eigenvalue weighted by molar-refractivity contribution is 0.356. The second-order valence-electron chi connectivity index (χ2n) is 8.98. The van der Waals surface area contributed by atoms with E-state index in [1.165, 1.54) is 83.5 Å². The SMILES string of the molecule is CC(C)(C)CCCCCCCCCCCCCCCCCNS(=O)(=O)O. The molecule has 0 unspecified atom stereocenters. The van der Waals surface area contributed by atoms with Gasteiger partial charge in [0, 0.05) is 6.54 Å². The van der Waals surface area contributed by atoms with Gasteiger partial charge >= 0.3 is 10.3 Å². The van der Waals surface area contributed by atoms with Gasteiger partial charge in [0.25, 0.3) is 0 Å². The minimum atomic E-state index is -4.00. The van der Waals surface area contributed by atoms with Crippen LogP contribution in [0.2, 0.25) is 0 Å². The van der Waals surface area contributed by atoms with Crippen LogP contribution in [0.25, 0.3) is 0 Å². The maximum atomic E-state index is 10.5. The molecule has 0 saturated heterocycles. The van der Waals surface area contributed by atoms with E-state index >= 15 is 0 Å². The summed E-state index contributed by atoms with van der Waals surface area (Å²) in [6.45, 7) is 7.34. The van der Waals surface area contributed by atoms with E-state index in [0.717, 1.165) is 19.3 Å². The lowest BCUT2D eigenvalue weighted by atomic mass is 9.89. The predicted octanol–water partition coefficient (Wildman–Crippen LogP) is 6.67. The van der Waals surface area contributed by atoms with Crippen LogP contribution in [0.1, 0.15) is 124 Å². The summed E-state index contributed by atoms with van der Waals surface area (Å²) in [6.07, 6.45) is 20.8. The molecule has 5 heteroatoms. The van der Waals surface area contributed by atoms with Crippen LogP contribution in [-0.4, -0.2) is 19.5 Å². The second kappa shape index (κ2) is 15.9. The van der Waals surface area contributed by atoms with Crippen LogP contribution in [0.5, 0.6) is 0 Å². The molecule has 2 N–H and O–H groups in total. The van der Waals surface area contributed by atoms with Crippen molar-refractivity contribution >= 4 is 10.3 Å². The van der Waals surface area contributed by atoms with Crippen molar-refractivity contribution in [3.8, 4) is 0 Å². The van der Waals surface area contributed by atoms with Crippen LogP contribution >= 0.6 is 0 Å². The summed E-state index contributed by atoms with van der Waals surface area (Å²) in [5, 5.41) is 0. The maximum absolute atomic E-state index is 10.5. The zero-order chi connectivity index (χ0) is 19.7. The smallest absolute Gasteiger partial charge is 0.273 e. The third-order valence-electron chi connectivity index (χ3n) is 4.89. The van der Waals surface area contributed by atoms with Gasteiger partial charge in [0.1, 0.15) is 0 Å². The van der Waals surface area contributed by atoms with E-state index in [0.29, 0.717) is 12.0 Å². The number of unbranched alkanes of at least 4 members (excludes halogenated alkanes) is 14. The fraction of sp³-hybridized carbons (Fsp3) is 1.00. The van der Waals surface area contributed by atoms with Gasteiger partial charge in [-0.25, -0.2) is 0 Å². The number of hydrogen-bond acceptors (Lipinski definition) is 2. The Kier molecular flexibility index (Phi) is 15.8. The largest absolute Gasteiger partial charge is 0.333 e. The van der Waals surface area contributed by atoms with Crippen molar-refractivity contribution in [2.24, 2.45) is 5.41 Å². The van der Waals surface area contributed by atoms with Gasteiger partial charge in [-0.05, 0) is 18.3 Å². The summed E-state index contributed by atoms with van der Waals surface area (Å²) < 4.78 is 31.6. The Hall–Kier alpha value is -0.130. The molecule has 0 radical (unpaired) electrons. The molecule has 0 aliphatic heterocycles. The topological polar surface area (TPSA) is 66.4 Å². The van der Waals surface area contributed by atoms with Crippen molar-refractivity contribution in [3.63, 3.8) is 0 Å². The molecule has 0 aromatic heterocycles. The normalized spacial score (nSPS) is 12.6. The van der Waals surface area contributed by atoms with Crippen molar-refractivity contribution in [3.05, 3.63) is 0 Å². The van der Waals surface area contributed by atoms with Gasteiger partial charge in [-0.2, -0.15) is 13.1 Å². The molecule has 0 bridgehead atoms. The Bertz CT molecular complexity index is 402. The Balaban J connectivity index is 3.09. The van der Waals surface area contributed by atoms with Crippen molar-refractivity contribution in [2.75, 3.05) is 6.54 Å². The molecule has 0 aliphatic rings. The molecule has 0 rings (SSSR count). The Morgan fingerprint density at radius 3 is 1.23 bits per heavy atom. The Labute approximate surface area is 163 Å². The molecule has 0 saturated carbocycles. The van der Waals surface area contributed by atoms with Gasteiger partial charge < -0.3 is 0 Å². The molecule has 0 aliphatic carbocycles. The van der Waals surface area contributed by atoms with Crippen molar-refractivity contribution in [1.82, 2.24) is 4.72 Å². The first kappa shape index (κ1) is 25.9. The first-order chi connectivity index (χ1) is 12.2. The van der Waals surface area contributed by atoms with Crippen LogP contribution in [-0.2, 0) is 10.3 Å². The van der Waals surface area contributed by atoms with E-state index in [-0.39, 0.29) is 0 Å². The molecule has 0 aromatic rings. The van der Waals surface area contributed by atoms with Gasteiger partial charge in [0.05, 0.1) is 0 Å². The molecule has 0 aromatic carbocycles. The minimum absolute atomic E-state index is 0.343. The highest BCUT2D eigenvalue weighted by atomic mass is 32.2. The van der Waals surface area contributed by atoms with Gasteiger partial charge in [0.2, 0.25) is 0 Å². The lowest BCUT2D eigenvalue weighted by Crippen LogP contribution is -2.23. The summed E-state index contributed by atoms with van der Waals surface area (Å²) in [4.78, 5) is 0. The van der Waals surface area contributed by atoms with Crippen molar-refractivity contribution < 1.29 is 13.0 Å². The molecule has 158 valence electrons. The van der Waals surface area contributed by atoms with Crippen LogP contribution in [0.3, 0.4) is 0 Å². The molecule has 0 heterocycles. The number of hydrogen-bond donors (Lipinski definition) is 2. The number of nitrogens with one attached hydrogen (secondary N) is 1. The third-order valence-corrected chi connectivity index (χ3v) is 5.46. The van der Waals surface area contributed by atoms with Crippen LogP contribution in [0.4, 0.5) is 0 Å². The third kappa shape index (κ3) is 23.9. The first-order valence-corrected chi connectivity index (χ1v) is 12.4. The standard InChI is InChI=1S/C21H45NO3S/c1-21(2,3)19-17-15-13-11-9-7-5-4-6-8-10-12-14-16-18-20-22-26(23,24)25/h22H,4-20H2,1-3H3,(H,23,24,25). The van der Waals surface area contributed by atoms with Gasteiger partial charge in [0.15, 0.2) is 0 Å². The van der Waals surface area contributed by atoms with E-state index in [2.05, 4.69) is 25.5 Å².